The number of hydrogen-bond donors (Lipinski definition) is 2. The highest BCUT2D eigenvalue weighted by Gasteiger charge is 2.15. The number of rotatable bonds is 6. The molecule has 0 spiro atoms. The molecule has 1 heterocycles. The van der Waals surface area contributed by atoms with Crippen molar-refractivity contribution in [2.24, 2.45) is 0 Å². The molecule has 0 saturated heterocycles. The Morgan fingerprint density at radius 1 is 1.47 bits per heavy atom. The Bertz CT molecular complexity index is 548. The second kappa shape index (κ2) is 6.07. The van der Waals surface area contributed by atoms with Crippen LogP contribution in [0, 0.1) is 0 Å². The number of carbonyl (C=O) groups is 1. The molecule has 0 fully saturated rings. The number of carbonyl (C=O) groups excluding carboxylic acids is 1. The van der Waals surface area contributed by atoms with Crippen molar-refractivity contribution in [1.29, 1.82) is 0 Å². The molecule has 0 radical (unpaired) electrons. The molecule has 1 aromatic heterocycles. The van der Waals surface area contributed by atoms with E-state index >= 15 is 0 Å². The first-order valence-electron chi connectivity index (χ1n) is 5.92. The van der Waals surface area contributed by atoms with E-state index in [0.717, 1.165) is 4.31 Å². The van der Waals surface area contributed by atoms with E-state index in [4.69, 9.17) is 5.73 Å². The highest BCUT2D eigenvalue weighted by molar-refractivity contribution is 7.89. The lowest BCUT2D eigenvalue weighted by atomic mass is 10.4. The molecule has 1 aromatic rings. The molecule has 0 unspecified atom stereocenters. The van der Waals surface area contributed by atoms with Gasteiger partial charge in [-0.2, -0.15) is 0 Å². The lowest BCUT2D eigenvalue weighted by molar-refractivity contribution is 0.0947. The Morgan fingerprint density at radius 2 is 2.11 bits per heavy atom. The average Bonchev–Trinajstić information content (AvgIpc) is 2.70. The van der Waals surface area contributed by atoms with Crippen LogP contribution in [0.2, 0.25) is 0 Å². The van der Waals surface area contributed by atoms with Gasteiger partial charge in [0.15, 0.2) is 0 Å². The molecular weight excluding hydrogens is 268 g/mol. The Kier molecular flexibility index (Phi) is 4.96. The zero-order valence-corrected chi connectivity index (χ0v) is 12.2. The van der Waals surface area contributed by atoms with Crippen LogP contribution in [0.15, 0.2) is 12.3 Å². The van der Waals surface area contributed by atoms with E-state index in [0.29, 0.717) is 17.9 Å². The van der Waals surface area contributed by atoms with Crippen molar-refractivity contribution in [3.05, 3.63) is 18.0 Å². The lowest BCUT2D eigenvalue weighted by Crippen LogP contribution is -2.34. The fourth-order valence-electron chi connectivity index (χ4n) is 1.55. The monoisotopic (exact) mass is 288 g/mol. The third-order valence-electron chi connectivity index (χ3n) is 2.69. The van der Waals surface area contributed by atoms with Gasteiger partial charge in [0.05, 0.1) is 11.4 Å². The van der Waals surface area contributed by atoms with Crippen LogP contribution >= 0.6 is 0 Å². The molecule has 0 bridgehead atoms. The number of amides is 1. The number of aryl methyl sites for hydroxylation is 1. The first-order valence-corrected chi connectivity index (χ1v) is 7.53. The van der Waals surface area contributed by atoms with Gasteiger partial charge in [-0.3, -0.25) is 4.79 Å². The van der Waals surface area contributed by atoms with Gasteiger partial charge in [-0.25, -0.2) is 12.7 Å². The average molecular weight is 288 g/mol. The van der Waals surface area contributed by atoms with E-state index < -0.39 is 10.0 Å². The summed E-state index contributed by atoms with van der Waals surface area (Å²) in [6.07, 6.45) is 1.67. The molecule has 0 aliphatic carbocycles. The molecule has 19 heavy (non-hydrogen) atoms. The van der Waals surface area contributed by atoms with E-state index in [2.05, 4.69) is 5.32 Å². The second-order valence-corrected chi connectivity index (χ2v) is 6.60. The van der Waals surface area contributed by atoms with E-state index in [1.807, 2.05) is 6.92 Å². The minimum atomic E-state index is -3.30. The molecule has 3 N–H and O–H groups in total. The number of hydrogen-bond acceptors (Lipinski definition) is 4. The number of nitrogens with zero attached hydrogens (tertiary/aromatic N) is 2. The summed E-state index contributed by atoms with van der Waals surface area (Å²) in [5, 5.41) is 2.58. The summed E-state index contributed by atoms with van der Waals surface area (Å²) in [5.74, 6) is -0.457. The van der Waals surface area contributed by atoms with E-state index in [-0.39, 0.29) is 18.2 Å². The van der Waals surface area contributed by atoms with Crippen LogP contribution in [-0.4, -0.2) is 49.6 Å². The van der Waals surface area contributed by atoms with Gasteiger partial charge in [0, 0.05) is 33.4 Å². The lowest BCUT2D eigenvalue weighted by Gasteiger charge is -2.12. The molecule has 0 saturated carbocycles. The van der Waals surface area contributed by atoms with Gasteiger partial charge in [0.1, 0.15) is 5.69 Å². The van der Waals surface area contributed by atoms with Crippen molar-refractivity contribution < 1.29 is 13.2 Å². The van der Waals surface area contributed by atoms with E-state index in [9.17, 15) is 13.2 Å². The van der Waals surface area contributed by atoms with Crippen molar-refractivity contribution in [1.82, 2.24) is 14.2 Å². The van der Waals surface area contributed by atoms with E-state index in [1.165, 1.54) is 14.1 Å². The highest BCUT2D eigenvalue weighted by Crippen LogP contribution is 2.10. The molecule has 7 nitrogen and oxygen atoms in total. The zero-order chi connectivity index (χ0) is 14.6. The summed E-state index contributed by atoms with van der Waals surface area (Å²) >= 11 is 0. The molecule has 0 aromatic carbocycles. The Hall–Kier alpha value is -1.54. The van der Waals surface area contributed by atoms with Crippen LogP contribution in [0.3, 0.4) is 0 Å². The fraction of sp³-hybridized carbons (Fsp3) is 0.545. The first kappa shape index (κ1) is 15.5. The molecule has 1 rings (SSSR count). The maximum atomic E-state index is 11.9. The summed E-state index contributed by atoms with van der Waals surface area (Å²) in [7, 11) is -0.383. The maximum Gasteiger partial charge on any atom is 0.268 e. The largest absolute Gasteiger partial charge is 0.397 e. The first-order chi connectivity index (χ1) is 8.77. The van der Waals surface area contributed by atoms with Crippen molar-refractivity contribution >= 4 is 21.6 Å². The number of nitrogens with one attached hydrogen (secondary N) is 1. The van der Waals surface area contributed by atoms with Crippen molar-refractivity contribution in [2.75, 3.05) is 32.1 Å². The summed E-state index contributed by atoms with van der Waals surface area (Å²) in [6, 6.07) is 1.57. The van der Waals surface area contributed by atoms with Crippen LogP contribution in [0.25, 0.3) is 0 Å². The normalized spacial score (nSPS) is 11.8. The summed E-state index contributed by atoms with van der Waals surface area (Å²) < 4.78 is 25.9. The second-order valence-electron chi connectivity index (χ2n) is 4.30. The zero-order valence-electron chi connectivity index (χ0n) is 11.4. The Morgan fingerprint density at radius 3 is 2.63 bits per heavy atom. The third kappa shape index (κ3) is 3.97. The molecular formula is C11H20N4O3S. The number of nitrogens with two attached hydrogens (primary N) is 1. The minimum absolute atomic E-state index is 0.0636. The Labute approximate surface area is 113 Å². The Balaban J connectivity index is 2.61. The van der Waals surface area contributed by atoms with Crippen LogP contribution in [-0.2, 0) is 16.6 Å². The van der Waals surface area contributed by atoms with Crippen LogP contribution in [0.1, 0.15) is 17.4 Å². The van der Waals surface area contributed by atoms with Crippen LogP contribution < -0.4 is 11.1 Å². The number of sulfonamides is 1. The van der Waals surface area contributed by atoms with Gasteiger partial charge in [-0.05, 0) is 13.0 Å². The summed E-state index contributed by atoms with van der Waals surface area (Å²) in [4.78, 5) is 11.9. The van der Waals surface area contributed by atoms with Gasteiger partial charge in [-0.1, -0.05) is 0 Å². The quantitative estimate of drug-likeness (QED) is 0.751. The third-order valence-corrected chi connectivity index (χ3v) is 4.53. The van der Waals surface area contributed by atoms with Gasteiger partial charge in [0.2, 0.25) is 10.0 Å². The highest BCUT2D eigenvalue weighted by atomic mass is 32.2. The van der Waals surface area contributed by atoms with Crippen LogP contribution in [0.5, 0.6) is 0 Å². The molecule has 1 amide bonds. The molecule has 0 aliphatic heterocycles. The minimum Gasteiger partial charge on any atom is -0.397 e. The predicted octanol–water partition coefficient (Wildman–Crippen LogP) is -0.289. The van der Waals surface area contributed by atoms with Crippen molar-refractivity contribution in [3.8, 4) is 0 Å². The molecule has 8 heteroatoms. The van der Waals surface area contributed by atoms with Crippen LogP contribution in [0.4, 0.5) is 5.69 Å². The fourth-order valence-corrected chi connectivity index (χ4v) is 2.28. The summed E-state index contributed by atoms with van der Waals surface area (Å²) in [6.45, 7) is 2.58. The van der Waals surface area contributed by atoms with E-state index in [1.54, 1.807) is 16.8 Å². The number of nitrogen functional groups attached to an aromatic ring is 1. The van der Waals surface area contributed by atoms with Gasteiger partial charge in [-0.15, -0.1) is 0 Å². The predicted molar refractivity (Wildman–Crippen MR) is 74.3 cm³/mol. The SMILES string of the molecule is CCn1cc(N)cc1C(=O)NCCS(=O)(=O)N(C)C. The topological polar surface area (TPSA) is 97.4 Å². The summed E-state index contributed by atoms with van der Waals surface area (Å²) in [5.41, 5.74) is 6.57. The standard InChI is InChI=1S/C11H20N4O3S/c1-4-15-8-9(12)7-10(15)11(16)13-5-6-19(17,18)14(2)3/h7-8H,4-6,12H2,1-3H3,(H,13,16). The maximum absolute atomic E-state index is 11.9. The van der Waals surface area contributed by atoms with Crippen molar-refractivity contribution in [2.45, 2.75) is 13.5 Å². The smallest absolute Gasteiger partial charge is 0.268 e. The van der Waals surface area contributed by atoms with Gasteiger partial charge < -0.3 is 15.6 Å². The number of aromatic nitrogens is 1. The molecule has 0 atom stereocenters. The molecule has 0 aliphatic rings. The van der Waals surface area contributed by atoms with Crippen molar-refractivity contribution in [3.63, 3.8) is 0 Å². The van der Waals surface area contributed by atoms with Gasteiger partial charge >= 0.3 is 0 Å². The van der Waals surface area contributed by atoms with Gasteiger partial charge in [0.25, 0.3) is 5.91 Å². The molecule has 108 valence electrons. The number of anilines is 1.